The minimum Gasteiger partial charge on any atom is -0.366 e. The Balaban J connectivity index is 2.12. The Morgan fingerprint density at radius 3 is 2.52 bits per heavy atom. The van der Waals surface area contributed by atoms with Crippen molar-refractivity contribution in [2.24, 2.45) is 5.73 Å². The minimum atomic E-state index is -0.595. The van der Waals surface area contributed by atoms with Gasteiger partial charge in [-0.25, -0.2) is 0 Å². The van der Waals surface area contributed by atoms with Gasteiger partial charge in [0.05, 0.1) is 21.8 Å². The molecule has 0 unspecified atom stereocenters. The molecule has 23 heavy (non-hydrogen) atoms. The molecule has 0 saturated carbocycles. The van der Waals surface area contributed by atoms with E-state index in [1.807, 2.05) is 0 Å². The number of para-hydroxylation sites is 1. The zero-order valence-electron chi connectivity index (χ0n) is 11.6. The third kappa shape index (κ3) is 4.63. The normalized spacial score (nSPS) is 10.0. The third-order valence-electron chi connectivity index (χ3n) is 2.84. The van der Waals surface area contributed by atoms with E-state index in [1.54, 1.807) is 42.5 Å². The fraction of sp³-hybridized carbons (Fsp3) is 0. The zero-order chi connectivity index (χ0) is 17.0. The lowest BCUT2D eigenvalue weighted by atomic mass is 10.1. The van der Waals surface area contributed by atoms with Crippen molar-refractivity contribution in [2.45, 2.75) is 0 Å². The third-order valence-corrected chi connectivity index (χ3v) is 4.05. The molecule has 0 aromatic heterocycles. The Kier molecular flexibility index (Phi) is 5.91. The summed E-state index contributed by atoms with van der Waals surface area (Å²) >= 11 is 13.2. The monoisotopic (exact) mass is 459 g/mol. The van der Waals surface area contributed by atoms with E-state index in [0.29, 0.717) is 16.3 Å². The molecule has 0 aliphatic carbocycles. The molecular formula is C15H11ClIN3O2S. The SMILES string of the molecule is NC(=O)c1ccccc1NC(=S)NC(=O)c1cc(I)ccc1Cl. The first kappa shape index (κ1) is 17.6. The van der Waals surface area contributed by atoms with Gasteiger partial charge in [-0.05, 0) is 65.1 Å². The highest BCUT2D eigenvalue weighted by Gasteiger charge is 2.14. The van der Waals surface area contributed by atoms with Crippen molar-refractivity contribution in [3.8, 4) is 0 Å². The Morgan fingerprint density at radius 2 is 1.83 bits per heavy atom. The molecule has 2 rings (SSSR count). The van der Waals surface area contributed by atoms with Crippen molar-refractivity contribution >= 4 is 69.0 Å². The van der Waals surface area contributed by atoms with E-state index in [1.165, 1.54) is 0 Å². The number of amides is 2. The Hall–Kier alpha value is -1.71. The van der Waals surface area contributed by atoms with Crippen molar-refractivity contribution in [3.63, 3.8) is 0 Å². The minimum absolute atomic E-state index is 0.0404. The van der Waals surface area contributed by atoms with Gasteiger partial charge in [-0.15, -0.1) is 0 Å². The fourth-order valence-electron chi connectivity index (χ4n) is 1.80. The number of rotatable bonds is 3. The molecule has 0 aliphatic heterocycles. The van der Waals surface area contributed by atoms with E-state index < -0.39 is 11.8 Å². The molecule has 0 aliphatic rings. The topological polar surface area (TPSA) is 84.2 Å². The van der Waals surface area contributed by atoms with Gasteiger partial charge >= 0.3 is 0 Å². The van der Waals surface area contributed by atoms with Crippen molar-refractivity contribution < 1.29 is 9.59 Å². The van der Waals surface area contributed by atoms with Crippen LogP contribution in [-0.4, -0.2) is 16.9 Å². The summed E-state index contributed by atoms with van der Waals surface area (Å²) in [7, 11) is 0. The average molecular weight is 460 g/mol. The van der Waals surface area contributed by atoms with E-state index in [0.717, 1.165) is 3.57 Å². The van der Waals surface area contributed by atoms with Crippen molar-refractivity contribution in [3.05, 3.63) is 62.2 Å². The number of anilines is 1. The molecule has 0 atom stereocenters. The van der Waals surface area contributed by atoms with Gasteiger partial charge in [0.15, 0.2) is 5.11 Å². The van der Waals surface area contributed by atoms with E-state index in [9.17, 15) is 9.59 Å². The van der Waals surface area contributed by atoms with Crippen LogP contribution in [0.5, 0.6) is 0 Å². The van der Waals surface area contributed by atoms with Crippen LogP contribution in [-0.2, 0) is 0 Å². The van der Waals surface area contributed by atoms with Gasteiger partial charge in [0, 0.05) is 3.57 Å². The summed E-state index contributed by atoms with van der Waals surface area (Å²) in [6.45, 7) is 0. The largest absolute Gasteiger partial charge is 0.366 e. The summed E-state index contributed by atoms with van der Waals surface area (Å²) in [6, 6.07) is 11.7. The van der Waals surface area contributed by atoms with Crippen LogP contribution < -0.4 is 16.4 Å². The molecule has 0 saturated heterocycles. The van der Waals surface area contributed by atoms with Gasteiger partial charge in [-0.1, -0.05) is 23.7 Å². The highest BCUT2D eigenvalue weighted by atomic mass is 127. The highest BCUT2D eigenvalue weighted by molar-refractivity contribution is 14.1. The van der Waals surface area contributed by atoms with Gasteiger partial charge in [0.1, 0.15) is 0 Å². The number of carbonyl (C=O) groups excluding carboxylic acids is 2. The summed E-state index contributed by atoms with van der Waals surface area (Å²) in [4.78, 5) is 23.6. The number of halogens is 2. The second-order valence-electron chi connectivity index (χ2n) is 4.44. The van der Waals surface area contributed by atoms with Crippen LogP contribution >= 0.6 is 46.4 Å². The number of hydrogen-bond donors (Lipinski definition) is 3. The van der Waals surface area contributed by atoms with Gasteiger partial charge in [0.25, 0.3) is 11.8 Å². The van der Waals surface area contributed by atoms with Crippen LogP contribution in [0, 0.1) is 3.57 Å². The number of primary amides is 1. The molecular weight excluding hydrogens is 449 g/mol. The first-order valence-corrected chi connectivity index (χ1v) is 8.21. The Morgan fingerprint density at radius 1 is 1.13 bits per heavy atom. The summed E-state index contributed by atoms with van der Waals surface area (Å²) < 4.78 is 0.870. The van der Waals surface area contributed by atoms with E-state index in [4.69, 9.17) is 29.6 Å². The molecule has 8 heteroatoms. The molecule has 2 amide bonds. The van der Waals surface area contributed by atoms with Gasteiger partial charge in [0.2, 0.25) is 0 Å². The van der Waals surface area contributed by atoms with Gasteiger partial charge in [-0.3, -0.25) is 14.9 Å². The molecule has 0 fully saturated rings. The summed E-state index contributed by atoms with van der Waals surface area (Å²) in [5.74, 6) is -1.04. The Bertz CT molecular complexity index is 798. The second kappa shape index (κ2) is 7.71. The maximum atomic E-state index is 12.2. The maximum Gasteiger partial charge on any atom is 0.258 e. The zero-order valence-corrected chi connectivity index (χ0v) is 15.3. The first-order valence-electron chi connectivity index (χ1n) is 6.34. The maximum absolute atomic E-state index is 12.2. The smallest absolute Gasteiger partial charge is 0.258 e. The predicted octanol–water partition coefficient (Wildman–Crippen LogP) is 3.17. The van der Waals surface area contributed by atoms with Crippen LogP contribution in [0.4, 0.5) is 5.69 Å². The lowest BCUT2D eigenvalue weighted by Gasteiger charge is -2.12. The van der Waals surface area contributed by atoms with Crippen molar-refractivity contribution in [1.82, 2.24) is 5.32 Å². The molecule has 2 aromatic carbocycles. The second-order valence-corrected chi connectivity index (χ2v) is 6.50. The molecule has 0 bridgehead atoms. The summed E-state index contributed by atoms with van der Waals surface area (Å²) in [5, 5.41) is 5.66. The summed E-state index contributed by atoms with van der Waals surface area (Å²) in [6.07, 6.45) is 0. The molecule has 0 heterocycles. The number of benzene rings is 2. The van der Waals surface area contributed by atoms with Gasteiger partial charge in [-0.2, -0.15) is 0 Å². The van der Waals surface area contributed by atoms with Crippen LogP contribution in [0.25, 0.3) is 0 Å². The fourth-order valence-corrected chi connectivity index (χ4v) is 2.70. The number of thiocarbonyl (C=S) groups is 1. The average Bonchev–Trinajstić information content (AvgIpc) is 2.49. The van der Waals surface area contributed by atoms with E-state index in [2.05, 4.69) is 33.2 Å². The van der Waals surface area contributed by atoms with Crippen molar-refractivity contribution in [2.75, 3.05) is 5.32 Å². The van der Waals surface area contributed by atoms with Crippen LogP contribution in [0.3, 0.4) is 0 Å². The lowest BCUT2D eigenvalue weighted by Crippen LogP contribution is -2.35. The predicted molar refractivity (Wildman–Crippen MR) is 103 cm³/mol. The first-order chi connectivity index (χ1) is 10.9. The van der Waals surface area contributed by atoms with E-state index >= 15 is 0 Å². The molecule has 5 nitrogen and oxygen atoms in total. The van der Waals surface area contributed by atoms with Crippen LogP contribution in [0.15, 0.2) is 42.5 Å². The number of hydrogen-bond acceptors (Lipinski definition) is 3. The molecule has 2 aromatic rings. The van der Waals surface area contributed by atoms with E-state index in [-0.39, 0.29) is 10.7 Å². The quantitative estimate of drug-likeness (QED) is 0.486. The molecule has 4 N–H and O–H groups in total. The van der Waals surface area contributed by atoms with Crippen LogP contribution in [0.1, 0.15) is 20.7 Å². The van der Waals surface area contributed by atoms with Crippen molar-refractivity contribution in [1.29, 1.82) is 0 Å². The molecule has 0 spiro atoms. The molecule has 0 radical (unpaired) electrons. The van der Waals surface area contributed by atoms with Crippen LogP contribution in [0.2, 0.25) is 5.02 Å². The summed E-state index contributed by atoms with van der Waals surface area (Å²) in [5.41, 5.74) is 6.29. The number of carbonyl (C=O) groups is 2. The highest BCUT2D eigenvalue weighted by Crippen LogP contribution is 2.19. The number of nitrogens with one attached hydrogen (secondary N) is 2. The lowest BCUT2D eigenvalue weighted by molar-refractivity contribution is 0.0975. The van der Waals surface area contributed by atoms with Gasteiger partial charge < -0.3 is 11.1 Å². The Labute approximate surface area is 156 Å². The number of nitrogens with two attached hydrogens (primary N) is 1. The standard InChI is InChI=1S/C15H11ClIN3O2S/c16-11-6-5-8(17)7-10(11)14(22)20-15(23)19-12-4-2-1-3-9(12)13(18)21/h1-7H,(H2,18,21)(H2,19,20,22,23). The molecule has 118 valence electrons.